The highest BCUT2D eigenvalue weighted by atomic mass is 32.2. The monoisotopic (exact) mass is 434 g/mol. The van der Waals surface area contributed by atoms with Gasteiger partial charge in [0.15, 0.2) is 0 Å². The first-order valence-corrected chi connectivity index (χ1v) is 9.87. The van der Waals surface area contributed by atoms with Gasteiger partial charge in [0, 0.05) is 0 Å². The Morgan fingerprint density at radius 2 is 0.926 bits per heavy atom. The summed E-state index contributed by atoms with van der Waals surface area (Å²) in [7, 11) is -9.33. The van der Waals surface area contributed by atoms with E-state index in [9.17, 15) is 36.0 Å². The molecule has 19 heteroatoms. The van der Waals surface area contributed by atoms with Crippen LogP contribution >= 0.6 is 0 Å². The van der Waals surface area contributed by atoms with E-state index >= 15 is 0 Å². The van der Waals surface area contributed by atoms with Crippen LogP contribution in [0.4, 0.5) is 19.2 Å². The predicted octanol–water partition coefficient (Wildman–Crippen LogP) is -3.11. The SMILES string of the molecule is CCS(=O)(=O)N(C(N)=O)N(ON(C(N)=O)N(C(N)=O)S(=O)(=O)CC)C(N)=O. The van der Waals surface area contributed by atoms with Gasteiger partial charge in [-0.1, -0.05) is 24.1 Å². The van der Waals surface area contributed by atoms with Gasteiger partial charge in [0.25, 0.3) is 20.0 Å². The molecule has 156 valence electrons. The minimum absolute atomic E-state index is 0.525. The quantitative estimate of drug-likeness (QED) is 0.307. The third-order valence-corrected chi connectivity index (χ3v) is 5.67. The fourth-order valence-electron chi connectivity index (χ4n) is 1.32. The van der Waals surface area contributed by atoms with Crippen LogP contribution in [0.2, 0.25) is 0 Å². The molecule has 0 rings (SSSR count). The zero-order valence-corrected chi connectivity index (χ0v) is 15.6. The largest absolute Gasteiger partial charge is 0.362 e. The summed E-state index contributed by atoms with van der Waals surface area (Å²) < 4.78 is 46.7. The fraction of sp³-hybridized carbons (Fsp3) is 0.500. The van der Waals surface area contributed by atoms with Gasteiger partial charge in [-0.3, -0.25) is 0 Å². The summed E-state index contributed by atoms with van der Waals surface area (Å²) in [4.78, 5) is 50.3. The third-order valence-electron chi connectivity index (χ3n) is 2.50. The molecular weight excluding hydrogens is 416 g/mol. The molecule has 0 atom stereocenters. The van der Waals surface area contributed by atoms with Crippen LogP contribution in [0.5, 0.6) is 0 Å². The Morgan fingerprint density at radius 3 is 1.07 bits per heavy atom. The predicted molar refractivity (Wildman–Crippen MR) is 85.7 cm³/mol. The van der Waals surface area contributed by atoms with Crippen LogP contribution in [0.25, 0.3) is 0 Å². The molecule has 27 heavy (non-hydrogen) atoms. The Balaban J connectivity index is 6.41. The number of hydrogen-bond donors (Lipinski definition) is 4. The first-order chi connectivity index (χ1) is 12.1. The van der Waals surface area contributed by atoms with Gasteiger partial charge < -0.3 is 22.9 Å². The standard InChI is InChI=1S/C8H18N8O9S2/c1-3-26(21,22)15(7(11)19)13(5(9)17)25-14(6(10)18)16(8(12)20)27(23,24)4-2/h3-4H2,1-2H3,(H2,9,17)(H2,10,18)(H2,11,19)(H2,12,20). The maximum absolute atomic E-state index is 11.9. The van der Waals surface area contributed by atoms with Gasteiger partial charge in [-0.2, -0.15) is 0 Å². The van der Waals surface area contributed by atoms with Gasteiger partial charge in [0.1, 0.15) is 0 Å². The smallest absolute Gasteiger partial charge is 0.349 e. The summed E-state index contributed by atoms with van der Waals surface area (Å²) in [5, 5.41) is -1.21. The van der Waals surface area contributed by atoms with Crippen molar-refractivity contribution in [3.8, 4) is 0 Å². The molecule has 0 spiro atoms. The molecule has 0 saturated carbocycles. The van der Waals surface area contributed by atoms with Crippen LogP contribution in [-0.4, -0.2) is 71.6 Å². The molecule has 0 aliphatic carbocycles. The zero-order valence-electron chi connectivity index (χ0n) is 14.0. The van der Waals surface area contributed by atoms with E-state index in [1.165, 1.54) is 0 Å². The van der Waals surface area contributed by atoms with Crippen molar-refractivity contribution >= 4 is 44.2 Å². The minimum atomic E-state index is -4.67. The number of hydrogen-bond acceptors (Lipinski definition) is 9. The van der Waals surface area contributed by atoms with Crippen LogP contribution < -0.4 is 22.9 Å². The van der Waals surface area contributed by atoms with Gasteiger partial charge in [-0.05, 0) is 13.8 Å². The maximum atomic E-state index is 11.9. The lowest BCUT2D eigenvalue weighted by molar-refractivity contribution is -0.346. The van der Waals surface area contributed by atoms with Gasteiger partial charge in [-0.25, -0.2) is 36.0 Å². The molecule has 0 fully saturated rings. The summed E-state index contributed by atoms with van der Waals surface area (Å²) >= 11 is 0. The second kappa shape index (κ2) is 8.55. The zero-order chi connectivity index (χ0) is 21.7. The van der Waals surface area contributed by atoms with Crippen molar-refractivity contribution < 1.29 is 41.0 Å². The molecule has 0 saturated heterocycles. The van der Waals surface area contributed by atoms with E-state index in [4.69, 9.17) is 22.9 Å². The number of hydrazine groups is 2. The number of carbonyl (C=O) groups is 4. The van der Waals surface area contributed by atoms with Gasteiger partial charge >= 0.3 is 24.1 Å². The average Bonchev–Trinajstić information content (AvgIpc) is 2.51. The Morgan fingerprint density at radius 1 is 0.667 bits per heavy atom. The van der Waals surface area contributed by atoms with Gasteiger partial charge in [-0.15, -0.1) is 0 Å². The number of urea groups is 4. The fourth-order valence-corrected chi connectivity index (χ4v) is 3.03. The molecule has 0 aromatic rings. The molecule has 0 aromatic heterocycles. The Bertz CT molecular complexity index is 757. The number of sulfonamides is 2. The Kier molecular flexibility index (Phi) is 7.58. The molecule has 8 N–H and O–H groups in total. The number of carbonyl (C=O) groups excluding carboxylic acids is 4. The number of hydroxylamine groups is 2. The highest BCUT2D eigenvalue weighted by Crippen LogP contribution is 2.14. The Labute approximate surface area is 153 Å². The number of nitrogens with two attached hydrogens (primary N) is 4. The van der Waals surface area contributed by atoms with Crippen molar-refractivity contribution in [1.82, 2.24) is 19.2 Å². The van der Waals surface area contributed by atoms with Crippen molar-refractivity contribution in [2.45, 2.75) is 13.8 Å². The van der Waals surface area contributed by atoms with E-state index in [1.54, 1.807) is 0 Å². The lowest BCUT2D eigenvalue weighted by Gasteiger charge is -2.34. The molecule has 0 unspecified atom stereocenters. The minimum Gasteiger partial charge on any atom is -0.349 e. The summed E-state index contributed by atoms with van der Waals surface area (Å²) in [5.74, 6) is -1.63. The summed E-state index contributed by atoms with van der Waals surface area (Å²) in [6.07, 6.45) is 0. The molecular formula is C8H18N8O9S2. The number of amides is 8. The second-order valence-electron chi connectivity index (χ2n) is 4.27. The van der Waals surface area contributed by atoms with E-state index in [0.29, 0.717) is 0 Å². The molecule has 0 aliphatic rings. The first kappa shape index (κ1) is 23.9. The van der Waals surface area contributed by atoms with E-state index in [1.807, 2.05) is 0 Å². The lowest BCUT2D eigenvalue weighted by Crippen LogP contribution is -2.64. The molecule has 8 amide bonds. The van der Waals surface area contributed by atoms with Gasteiger partial charge in [0.2, 0.25) is 0 Å². The number of rotatable bonds is 6. The number of primary amides is 4. The van der Waals surface area contributed by atoms with E-state index in [-0.39, 0.29) is 0 Å². The van der Waals surface area contributed by atoms with Crippen molar-refractivity contribution in [3.63, 3.8) is 0 Å². The highest BCUT2D eigenvalue weighted by molar-refractivity contribution is 7.89. The average molecular weight is 434 g/mol. The molecule has 17 nitrogen and oxygen atoms in total. The first-order valence-electron chi connectivity index (χ1n) is 6.65. The van der Waals surface area contributed by atoms with Crippen molar-refractivity contribution in [3.05, 3.63) is 0 Å². The summed E-state index contributed by atoms with van der Waals surface area (Å²) in [6, 6.07) is -7.39. The highest BCUT2D eigenvalue weighted by Gasteiger charge is 2.42. The molecule has 0 radical (unpaired) electrons. The number of nitrogens with zero attached hydrogens (tertiary/aromatic N) is 4. The normalized spacial score (nSPS) is 11.3. The Hall–Kier alpha value is -3.06. The maximum Gasteiger partial charge on any atom is 0.362 e. The third kappa shape index (κ3) is 5.46. The second-order valence-corrected chi connectivity index (χ2v) is 8.44. The van der Waals surface area contributed by atoms with E-state index in [2.05, 4.69) is 4.94 Å². The van der Waals surface area contributed by atoms with Crippen LogP contribution in [0, 0.1) is 0 Å². The summed E-state index contributed by atoms with van der Waals surface area (Å²) in [5.41, 5.74) is 19.5. The molecule has 0 aliphatic heterocycles. The topological polar surface area (TPSA) is 263 Å². The van der Waals surface area contributed by atoms with Gasteiger partial charge in [0.05, 0.1) is 11.5 Å². The van der Waals surface area contributed by atoms with Crippen LogP contribution in [-0.2, 0) is 25.0 Å². The van der Waals surface area contributed by atoms with Crippen molar-refractivity contribution in [2.75, 3.05) is 11.5 Å². The van der Waals surface area contributed by atoms with Crippen LogP contribution in [0.15, 0.2) is 0 Å². The van der Waals surface area contributed by atoms with E-state index < -0.39 is 74.8 Å². The molecule has 0 heterocycles. The van der Waals surface area contributed by atoms with Crippen molar-refractivity contribution in [1.29, 1.82) is 0 Å². The van der Waals surface area contributed by atoms with Crippen LogP contribution in [0.1, 0.15) is 13.8 Å². The molecule has 0 bridgehead atoms. The van der Waals surface area contributed by atoms with Crippen LogP contribution in [0.3, 0.4) is 0 Å². The summed E-state index contributed by atoms with van der Waals surface area (Å²) in [6.45, 7) is 2.07. The van der Waals surface area contributed by atoms with E-state index in [0.717, 1.165) is 13.8 Å². The molecule has 0 aromatic carbocycles. The lowest BCUT2D eigenvalue weighted by atomic mass is 11.0. The van der Waals surface area contributed by atoms with Crippen molar-refractivity contribution in [2.24, 2.45) is 22.9 Å².